The summed E-state index contributed by atoms with van der Waals surface area (Å²) in [7, 11) is 0. The van der Waals surface area contributed by atoms with Gasteiger partial charge in [0.25, 0.3) is 0 Å². The van der Waals surface area contributed by atoms with E-state index in [2.05, 4.69) is 0 Å². The maximum absolute atomic E-state index is 12.5. The van der Waals surface area contributed by atoms with Crippen molar-refractivity contribution in [1.29, 1.82) is 0 Å². The van der Waals surface area contributed by atoms with Gasteiger partial charge in [0.15, 0.2) is 0 Å². The summed E-state index contributed by atoms with van der Waals surface area (Å²) in [6.07, 6.45) is 0.871. The second kappa shape index (κ2) is 7.17. The Hall–Kier alpha value is -1.82. The number of hydrogen-bond donors (Lipinski definition) is 0. The minimum absolute atomic E-state index is 0. The monoisotopic (exact) mass is 320 g/mol. The van der Waals surface area contributed by atoms with Gasteiger partial charge in [-0.2, -0.15) is 0 Å². The number of benzene rings is 2. The van der Waals surface area contributed by atoms with E-state index in [9.17, 15) is 14.7 Å². The predicted octanol–water partition coefficient (Wildman–Crippen LogP) is -0.897. The molecule has 3 rings (SSSR count). The third kappa shape index (κ3) is 3.42. The van der Waals surface area contributed by atoms with Gasteiger partial charge in [0.05, 0.1) is 23.3 Å². The fourth-order valence-electron chi connectivity index (χ4n) is 2.27. The van der Waals surface area contributed by atoms with E-state index in [-0.39, 0.29) is 46.1 Å². The smallest absolute Gasteiger partial charge is 0.545 e. The molecule has 0 unspecified atom stereocenters. The number of hydrogen-bond acceptors (Lipinski definition) is 5. The quantitative estimate of drug-likeness (QED) is 0.460. The summed E-state index contributed by atoms with van der Waals surface area (Å²) in [5.41, 5.74) is 0.360. The summed E-state index contributed by atoms with van der Waals surface area (Å²) in [6.45, 7) is 2.57. The molecule has 0 amide bonds. The Kier molecular flexibility index (Phi) is 5.46. The molecule has 0 bridgehead atoms. The van der Waals surface area contributed by atoms with Gasteiger partial charge in [-0.3, -0.25) is 4.79 Å². The summed E-state index contributed by atoms with van der Waals surface area (Å²) in [4.78, 5) is 23.4. The summed E-state index contributed by atoms with van der Waals surface area (Å²) in [6, 6.07) is 9.07. The first kappa shape index (κ1) is 17.5. The maximum Gasteiger partial charge on any atom is 1.00 e. The van der Waals surface area contributed by atoms with Gasteiger partial charge in [-0.05, 0) is 36.8 Å². The van der Waals surface area contributed by atoms with Crippen LogP contribution in [0.15, 0.2) is 45.6 Å². The van der Waals surface area contributed by atoms with Crippen LogP contribution in [0.25, 0.3) is 21.9 Å². The Bertz CT molecular complexity index is 929. The van der Waals surface area contributed by atoms with Gasteiger partial charge in [0.1, 0.15) is 16.9 Å². The number of fused-ring (bicyclic) bond motifs is 2. The van der Waals surface area contributed by atoms with Crippen LogP contribution >= 0.6 is 0 Å². The van der Waals surface area contributed by atoms with Gasteiger partial charge < -0.3 is 19.1 Å². The molecule has 6 heteroatoms. The van der Waals surface area contributed by atoms with E-state index >= 15 is 0 Å². The second-order valence-corrected chi connectivity index (χ2v) is 4.94. The number of carboxylic acids is 1. The summed E-state index contributed by atoms with van der Waals surface area (Å²) >= 11 is 0. The molecule has 0 N–H and O–H groups in total. The third-order valence-electron chi connectivity index (χ3n) is 3.35. The van der Waals surface area contributed by atoms with Gasteiger partial charge in [0.2, 0.25) is 5.43 Å². The molecule has 0 aliphatic carbocycles. The molecular weight excluding hydrogens is 307 g/mol. The molecule has 0 spiro atoms. The molecule has 5 nitrogen and oxygen atoms in total. The Morgan fingerprint density at radius 1 is 1.13 bits per heavy atom. The number of ether oxygens (including phenoxy) is 1. The van der Waals surface area contributed by atoms with Crippen LogP contribution in [0, 0.1) is 0 Å². The molecule has 3 aromatic rings. The molecule has 0 aliphatic heterocycles. The number of carbonyl (C=O) groups excluding carboxylic acids is 1. The normalized spacial score (nSPS) is 10.5. The molecule has 0 radical (unpaired) electrons. The molecule has 0 saturated heterocycles. The minimum atomic E-state index is -1.31. The fourth-order valence-corrected chi connectivity index (χ4v) is 2.27. The number of aromatic carboxylic acids is 1. The Morgan fingerprint density at radius 2 is 1.91 bits per heavy atom. The van der Waals surface area contributed by atoms with Gasteiger partial charge in [0, 0.05) is 5.56 Å². The Morgan fingerprint density at radius 3 is 2.61 bits per heavy atom. The fraction of sp³-hybridized carbons (Fsp3) is 0.176. The number of carbonyl (C=O) groups is 1. The first-order chi connectivity index (χ1) is 10.6. The Labute approximate surface area is 154 Å². The van der Waals surface area contributed by atoms with Crippen molar-refractivity contribution in [2.75, 3.05) is 6.61 Å². The van der Waals surface area contributed by atoms with Gasteiger partial charge >= 0.3 is 29.6 Å². The number of carboxylic acid groups (broad SMARTS) is 1. The van der Waals surface area contributed by atoms with Crippen LogP contribution in [0.3, 0.4) is 0 Å². The van der Waals surface area contributed by atoms with Crippen LogP contribution in [0.4, 0.5) is 0 Å². The van der Waals surface area contributed by atoms with Crippen molar-refractivity contribution in [3.63, 3.8) is 0 Å². The summed E-state index contributed by atoms with van der Waals surface area (Å²) in [5, 5.41) is 11.6. The van der Waals surface area contributed by atoms with Crippen molar-refractivity contribution in [2.45, 2.75) is 13.3 Å². The van der Waals surface area contributed by atoms with Crippen LogP contribution in [-0.2, 0) is 0 Å². The van der Waals surface area contributed by atoms with Crippen LogP contribution in [0.5, 0.6) is 5.75 Å². The zero-order valence-electron chi connectivity index (χ0n) is 12.9. The van der Waals surface area contributed by atoms with E-state index in [0.29, 0.717) is 28.7 Å². The van der Waals surface area contributed by atoms with Gasteiger partial charge in [-0.25, -0.2) is 0 Å². The van der Waals surface area contributed by atoms with Crippen LogP contribution in [-0.4, -0.2) is 12.6 Å². The second-order valence-electron chi connectivity index (χ2n) is 4.94. The van der Waals surface area contributed by atoms with E-state index < -0.39 is 5.97 Å². The van der Waals surface area contributed by atoms with E-state index in [0.717, 1.165) is 6.42 Å². The van der Waals surface area contributed by atoms with Crippen LogP contribution in [0.2, 0.25) is 0 Å². The topological polar surface area (TPSA) is 79.6 Å². The molecule has 0 atom stereocenters. The first-order valence-corrected chi connectivity index (χ1v) is 6.95. The molecule has 112 valence electrons. The van der Waals surface area contributed by atoms with Gasteiger partial charge in [-0.15, -0.1) is 0 Å². The van der Waals surface area contributed by atoms with Crippen molar-refractivity contribution >= 4 is 27.9 Å². The minimum Gasteiger partial charge on any atom is -0.545 e. The molecule has 0 aliphatic rings. The molecular formula is C17H13NaO5. The summed E-state index contributed by atoms with van der Waals surface area (Å²) in [5.74, 6) is -0.708. The van der Waals surface area contributed by atoms with Crippen molar-refractivity contribution in [3.8, 4) is 5.75 Å². The molecule has 1 heterocycles. The number of rotatable bonds is 4. The van der Waals surface area contributed by atoms with Crippen molar-refractivity contribution in [3.05, 3.63) is 52.2 Å². The Balaban J connectivity index is 0.00000192. The standard InChI is InChI=1S/C17H14O5.Na/c1-2-7-21-11-4-6-14-13(9-11)16(18)12-5-3-10(17(19)20)8-15(12)22-14;/h3-6,8-9H,2,7H2,1H3,(H,19,20);/q;+1/p-1. The van der Waals surface area contributed by atoms with Crippen LogP contribution < -0.4 is 44.8 Å². The third-order valence-corrected chi connectivity index (χ3v) is 3.35. The van der Waals surface area contributed by atoms with Gasteiger partial charge in [-0.1, -0.05) is 13.0 Å². The predicted molar refractivity (Wildman–Crippen MR) is 80.1 cm³/mol. The molecule has 1 aromatic heterocycles. The molecule has 0 saturated carbocycles. The zero-order valence-corrected chi connectivity index (χ0v) is 14.9. The summed E-state index contributed by atoms with van der Waals surface area (Å²) < 4.78 is 11.1. The van der Waals surface area contributed by atoms with E-state index in [1.807, 2.05) is 6.92 Å². The molecule has 0 fully saturated rings. The average molecular weight is 320 g/mol. The first-order valence-electron chi connectivity index (χ1n) is 6.95. The van der Waals surface area contributed by atoms with Crippen LogP contribution in [0.1, 0.15) is 23.7 Å². The van der Waals surface area contributed by atoms with E-state index in [4.69, 9.17) is 9.15 Å². The molecule has 2 aromatic carbocycles. The van der Waals surface area contributed by atoms with Crippen molar-refractivity contribution in [1.82, 2.24) is 0 Å². The van der Waals surface area contributed by atoms with E-state index in [1.54, 1.807) is 18.2 Å². The van der Waals surface area contributed by atoms with Crippen molar-refractivity contribution < 1.29 is 48.6 Å². The average Bonchev–Trinajstić information content (AvgIpc) is 2.52. The van der Waals surface area contributed by atoms with Crippen molar-refractivity contribution in [2.24, 2.45) is 0 Å². The maximum atomic E-state index is 12.5. The molecule has 23 heavy (non-hydrogen) atoms. The SMILES string of the molecule is CCCOc1ccc2oc3cc(C(=O)[O-])ccc3c(=O)c2c1.[Na+]. The van der Waals surface area contributed by atoms with E-state index in [1.165, 1.54) is 18.2 Å². The largest absolute Gasteiger partial charge is 1.00 e. The zero-order chi connectivity index (χ0) is 15.7.